The molecule has 2 aromatic rings. The van der Waals surface area contributed by atoms with Crippen molar-refractivity contribution in [2.24, 2.45) is 0 Å². The molecule has 1 aliphatic rings. The fraction of sp³-hybridized carbons (Fsp3) is 0.167. The van der Waals surface area contributed by atoms with Crippen molar-refractivity contribution >= 4 is 28.0 Å². The molecule has 1 aliphatic carbocycles. The van der Waals surface area contributed by atoms with Gasteiger partial charge >= 0.3 is 0 Å². The van der Waals surface area contributed by atoms with E-state index in [0.717, 1.165) is 22.3 Å². The number of benzene rings is 2. The highest BCUT2D eigenvalue weighted by Gasteiger charge is 2.25. The number of halogens is 1. The van der Waals surface area contributed by atoms with Crippen LogP contribution in [-0.4, -0.2) is 14.5 Å². The van der Waals surface area contributed by atoms with E-state index < -0.39 is 11.1 Å². The Bertz CT molecular complexity index is 792. The van der Waals surface area contributed by atoms with Crippen LogP contribution in [0.2, 0.25) is 0 Å². The van der Waals surface area contributed by atoms with Gasteiger partial charge in [0, 0.05) is 12.0 Å². The van der Waals surface area contributed by atoms with Crippen LogP contribution in [-0.2, 0) is 21.6 Å². The van der Waals surface area contributed by atoms with Crippen LogP contribution in [0.1, 0.15) is 29.5 Å². The van der Waals surface area contributed by atoms with Crippen molar-refractivity contribution in [1.82, 2.24) is 0 Å². The number of ketones is 1. The van der Waals surface area contributed by atoms with Crippen molar-refractivity contribution in [1.29, 1.82) is 0 Å². The third-order valence-electron chi connectivity index (χ3n) is 3.91. The molecule has 0 heterocycles. The van der Waals surface area contributed by atoms with Crippen molar-refractivity contribution in [2.45, 2.75) is 18.6 Å². The molecule has 0 bridgehead atoms. The maximum absolute atomic E-state index is 13.1. The van der Waals surface area contributed by atoms with E-state index in [2.05, 4.69) is 0 Å². The molecule has 0 spiro atoms. The standard InChI is InChI=1S/C18H15FO3S/c19-15-7-5-14(6-8-15)18-16(9-10-17(18)20)13-3-1-12(2-4-13)11-23(21)22/h1-8H,9-11H2,(H,21,22). The Kier molecular flexibility index (Phi) is 4.50. The van der Waals surface area contributed by atoms with Crippen molar-refractivity contribution in [2.75, 3.05) is 0 Å². The molecule has 5 heteroatoms. The van der Waals surface area contributed by atoms with Crippen LogP contribution >= 0.6 is 0 Å². The number of carbonyl (C=O) groups excluding carboxylic acids is 1. The predicted octanol–water partition coefficient (Wildman–Crippen LogP) is 3.82. The highest BCUT2D eigenvalue weighted by molar-refractivity contribution is 7.78. The zero-order valence-electron chi connectivity index (χ0n) is 12.3. The number of hydrogen-bond donors (Lipinski definition) is 1. The van der Waals surface area contributed by atoms with Crippen LogP contribution in [0.25, 0.3) is 11.1 Å². The third-order valence-corrected chi connectivity index (χ3v) is 4.49. The van der Waals surface area contributed by atoms with Gasteiger partial charge in [-0.25, -0.2) is 8.60 Å². The highest BCUT2D eigenvalue weighted by atomic mass is 32.2. The van der Waals surface area contributed by atoms with Gasteiger partial charge in [-0.15, -0.1) is 0 Å². The summed E-state index contributed by atoms with van der Waals surface area (Å²) in [7, 11) is 0. The van der Waals surface area contributed by atoms with Crippen molar-refractivity contribution in [3.05, 3.63) is 71.0 Å². The molecular weight excluding hydrogens is 315 g/mol. The van der Waals surface area contributed by atoms with Gasteiger partial charge in [0.2, 0.25) is 0 Å². The second kappa shape index (κ2) is 6.56. The molecule has 0 aromatic heterocycles. The zero-order valence-corrected chi connectivity index (χ0v) is 13.1. The Labute approximate surface area is 136 Å². The normalized spacial score (nSPS) is 16.0. The summed E-state index contributed by atoms with van der Waals surface area (Å²) < 4.78 is 32.9. The van der Waals surface area contributed by atoms with Crippen LogP contribution < -0.4 is 0 Å². The first-order valence-electron chi connectivity index (χ1n) is 7.23. The smallest absolute Gasteiger partial charge is 0.164 e. The van der Waals surface area contributed by atoms with Gasteiger partial charge in [0.25, 0.3) is 0 Å². The largest absolute Gasteiger partial charge is 0.306 e. The monoisotopic (exact) mass is 330 g/mol. The lowest BCUT2D eigenvalue weighted by Crippen LogP contribution is -1.96. The van der Waals surface area contributed by atoms with Crippen LogP contribution in [0.4, 0.5) is 4.39 Å². The summed E-state index contributed by atoms with van der Waals surface area (Å²) in [5.41, 5.74) is 4.00. The second-order valence-electron chi connectivity index (χ2n) is 5.45. The molecule has 118 valence electrons. The second-order valence-corrected chi connectivity index (χ2v) is 6.38. The Hall–Kier alpha value is -2.11. The van der Waals surface area contributed by atoms with Crippen molar-refractivity contribution < 1.29 is 17.9 Å². The summed E-state index contributed by atoms with van der Waals surface area (Å²) in [5, 5.41) is 0. The fourth-order valence-corrected chi connectivity index (χ4v) is 3.32. The molecular formula is C18H15FO3S. The molecule has 3 nitrogen and oxygen atoms in total. The first-order chi connectivity index (χ1) is 11.0. The minimum Gasteiger partial charge on any atom is -0.306 e. The molecule has 0 amide bonds. The van der Waals surface area contributed by atoms with E-state index in [1.54, 1.807) is 24.3 Å². The predicted molar refractivity (Wildman–Crippen MR) is 88.4 cm³/mol. The maximum atomic E-state index is 13.1. The average Bonchev–Trinajstić information content (AvgIpc) is 2.90. The summed E-state index contributed by atoms with van der Waals surface area (Å²) in [5.74, 6) is -0.182. The molecule has 1 unspecified atom stereocenters. The van der Waals surface area contributed by atoms with Crippen molar-refractivity contribution in [3.8, 4) is 0 Å². The topological polar surface area (TPSA) is 54.4 Å². The SMILES string of the molecule is O=C1CCC(c2ccc(CS(=O)O)cc2)=C1c1ccc(F)cc1. The molecule has 0 aliphatic heterocycles. The van der Waals surface area contributed by atoms with E-state index in [0.29, 0.717) is 18.4 Å². The van der Waals surface area contributed by atoms with E-state index >= 15 is 0 Å². The minimum atomic E-state index is -1.87. The third kappa shape index (κ3) is 3.46. The fourth-order valence-electron chi connectivity index (χ4n) is 2.84. The lowest BCUT2D eigenvalue weighted by atomic mass is 9.96. The number of Topliss-reactive ketones (excluding diaryl/α,β-unsaturated/α-hetero) is 1. The van der Waals surface area contributed by atoms with E-state index in [-0.39, 0.29) is 17.4 Å². The number of carbonyl (C=O) groups is 1. The van der Waals surface area contributed by atoms with Crippen LogP contribution in [0.5, 0.6) is 0 Å². The molecule has 0 radical (unpaired) electrons. The quantitative estimate of drug-likeness (QED) is 0.867. The molecule has 3 rings (SSSR count). The molecule has 0 fully saturated rings. The minimum absolute atomic E-state index is 0.0622. The van der Waals surface area contributed by atoms with Crippen LogP contribution in [0.15, 0.2) is 48.5 Å². The Morgan fingerprint density at radius 2 is 1.57 bits per heavy atom. The van der Waals surface area contributed by atoms with Gasteiger partial charge in [0.1, 0.15) is 5.82 Å². The molecule has 0 saturated carbocycles. The van der Waals surface area contributed by atoms with Gasteiger partial charge in [-0.2, -0.15) is 0 Å². The van der Waals surface area contributed by atoms with Crippen molar-refractivity contribution in [3.63, 3.8) is 0 Å². The van der Waals surface area contributed by atoms with E-state index in [9.17, 15) is 13.4 Å². The molecule has 2 aromatic carbocycles. The Balaban J connectivity index is 1.99. The van der Waals surface area contributed by atoms with E-state index in [1.807, 2.05) is 12.1 Å². The summed E-state index contributed by atoms with van der Waals surface area (Å²) in [6.07, 6.45) is 1.10. The molecule has 23 heavy (non-hydrogen) atoms. The first-order valence-corrected chi connectivity index (χ1v) is 8.51. The summed E-state index contributed by atoms with van der Waals surface area (Å²) in [6.45, 7) is 0. The number of allylic oxidation sites excluding steroid dienone is 2. The molecule has 1 atom stereocenters. The lowest BCUT2D eigenvalue weighted by Gasteiger charge is -2.08. The van der Waals surface area contributed by atoms with E-state index in [1.165, 1.54) is 12.1 Å². The van der Waals surface area contributed by atoms with Gasteiger partial charge in [-0.3, -0.25) is 4.79 Å². The van der Waals surface area contributed by atoms with Gasteiger partial charge in [0.05, 0.1) is 5.75 Å². The summed E-state index contributed by atoms with van der Waals surface area (Å²) in [6, 6.07) is 13.3. The number of hydrogen-bond acceptors (Lipinski definition) is 2. The average molecular weight is 330 g/mol. The van der Waals surface area contributed by atoms with Gasteiger partial charge in [0.15, 0.2) is 16.9 Å². The van der Waals surface area contributed by atoms with Gasteiger partial charge < -0.3 is 4.55 Å². The van der Waals surface area contributed by atoms with Crippen LogP contribution in [0, 0.1) is 5.82 Å². The summed E-state index contributed by atoms with van der Waals surface area (Å²) in [4.78, 5) is 12.2. The van der Waals surface area contributed by atoms with E-state index in [4.69, 9.17) is 4.55 Å². The highest BCUT2D eigenvalue weighted by Crippen LogP contribution is 2.37. The first kappa shape index (κ1) is 15.8. The molecule has 1 N–H and O–H groups in total. The Morgan fingerprint density at radius 1 is 0.957 bits per heavy atom. The zero-order chi connectivity index (χ0) is 16.4. The molecule has 0 saturated heterocycles. The van der Waals surface area contributed by atoms with Gasteiger partial charge in [-0.1, -0.05) is 36.4 Å². The number of rotatable bonds is 4. The van der Waals surface area contributed by atoms with Gasteiger partial charge in [-0.05, 0) is 40.8 Å². The summed E-state index contributed by atoms with van der Waals surface area (Å²) >= 11 is -1.87. The lowest BCUT2D eigenvalue weighted by molar-refractivity contribution is -0.113. The Morgan fingerprint density at radius 3 is 2.17 bits per heavy atom. The maximum Gasteiger partial charge on any atom is 0.164 e. The van der Waals surface area contributed by atoms with Crippen LogP contribution in [0.3, 0.4) is 0 Å².